The van der Waals surface area contributed by atoms with E-state index >= 15 is 0 Å². The summed E-state index contributed by atoms with van der Waals surface area (Å²) in [6.07, 6.45) is 2.53. The van der Waals surface area contributed by atoms with Gasteiger partial charge < -0.3 is 10.2 Å². The molecule has 0 aliphatic carbocycles. The summed E-state index contributed by atoms with van der Waals surface area (Å²) in [6, 6.07) is 13.6. The van der Waals surface area contributed by atoms with E-state index in [-0.39, 0.29) is 30.4 Å². The number of anilines is 1. The summed E-state index contributed by atoms with van der Waals surface area (Å²) in [5.41, 5.74) is 4.96. The molecule has 1 aliphatic rings. The van der Waals surface area contributed by atoms with E-state index in [1.165, 1.54) is 5.56 Å². The Labute approximate surface area is 197 Å². The van der Waals surface area contributed by atoms with Crippen LogP contribution in [0.3, 0.4) is 0 Å². The smallest absolute Gasteiger partial charge is 0.238 e. The number of amides is 2. The number of carbonyl (C=O) groups is 3. The van der Waals surface area contributed by atoms with Crippen LogP contribution in [0.5, 0.6) is 0 Å². The number of carbonyl (C=O) groups excluding carboxylic acids is 3. The Balaban J connectivity index is 1.40. The molecular weight excluding hydrogens is 414 g/mol. The lowest BCUT2D eigenvalue weighted by molar-refractivity contribution is -0.133. The number of hydrogen-bond donors (Lipinski definition) is 1. The van der Waals surface area contributed by atoms with Gasteiger partial charge in [0.15, 0.2) is 5.78 Å². The van der Waals surface area contributed by atoms with E-state index < -0.39 is 0 Å². The third-order valence-corrected chi connectivity index (χ3v) is 6.35. The average molecular weight is 450 g/mol. The first-order valence-electron chi connectivity index (χ1n) is 11.9. The monoisotopic (exact) mass is 449 g/mol. The number of nitrogens with zero attached hydrogens (tertiary/aromatic N) is 2. The van der Waals surface area contributed by atoms with Crippen LogP contribution in [0.15, 0.2) is 42.5 Å². The molecule has 1 aliphatic heterocycles. The van der Waals surface area contributed by atoms with E-state index in [0.29, 0.717) is 38.3 Å². The summed E-state index contributed by atoms with van der Waals surface area (Å²) in [4.78, 5) is 41.4. The number of hydrogen-bond acceptors (Lipinski definition) is 4. The van der Waals surface area contributed by atoms with Crippen molar-refractivity contribution in [2.75, 3.05) is 38.0 Å². The normalized spacial score (nSPS) is 14.2. The molecule has 0 spiro atoms. The molecule has 6 heteroatoms. The van der Waals surface area contributed by atoms with Crippen molar-refractivity contribution in [2.45, 2.75) is 46.5 Å². The third-order valence-electron chi connectivity index (χ3n) is 6.35. The summed E-state index contributed by atoms with van der Waals surface area (Å²) in [5.74, 6) is -0.0300. The molecule has 0 unspecified atom stereocenters. The van der Waals surface area contributed by atoms with Gasteiger partial charge >= 0.3 is 0 Å². The molecule has 1 fully saturated rings. The van der Waals surface area contributed by atoms with Crippen LogP contribution >= 0.6 is 0 Å². The van der Waals surface area contributed by atoms with Crippen LogP contribution in [-0.2, 0) is 16.0 Å². The zero-order valence-electron chi connectivity index (χ0n) is 20.0. The molecule has 176 valence electrons. The standard InChI is InChI=1S/C27H35N3O3/c1-4-6-22-9-11-23(12-10-22)25(31)13-14-27(33)30-17-15-29(16-18-30)19-26(32)28-24-8-5-7-20(2)21(24)3/h5,7-12H,4,6,13-19H2,1-3H3,(H,28,32). The number of ketones is 1. The number of rotatable bonds is 9. The quantitative estimate of drug-likeness (QED) is 0.588. The Hall–Kier alpha value is -2.99. The molecule has 1 N–H and O–H groups in total. The summed E-state index contributed by atoms with van der Waals surface area (Å²) in [5, 5.41) is 2.99. The first-order chi connectivity index (χ1) is 15.9. The van der Waals surface area contributed by atoms with Gasteiger partial charge in [-0.25, -0.2) is 0 Å². The van der Waals surface area contributed by atoms with Crippen molar-refractivity contribution in [2.24, 2.45) is 0 Å². The fraction of sp³-hybridized carbons (Fsp3) is 0.444. The highest BCUT2D eigenvalue weighted by atomic mass is 16.2. The lowest BCUT2D eigenvalue weighted by Gasteiger charge is -2.34. The molecular formula is C27H35N3O3. The molecule has 0 bridgehead atoms. The number of nitrogens with one attached hydrogen (secondary N) is 1. The zero-order valence-corrected chi connectivity index (χ0v) is 20.0. The van der Waals surface area contributed by atoms with Crippen molar-refractivity contribution in [1.29, 1.82) is 0 Å². The van der Waals surface area contributed by atoms with E-state index in [2.05, 4.69) is 17.1 Å². The minimum atomic E-state index is -0.0426. The minimum Gasteiger partial charge on any atom is -0.340 e. The minimum absolute atomic E-state index is 0.00504. The molecule has 0 saturated carbocycles. The number of benzene rings is 2. The maximum atomic E-state index is 12.6. The molecule has 1 saturated heterocycles. The lowest BCUT2D eigenvalue weighted by atomic mass is 10.0. The van der Waals surface area contributed by atoms with E-state index in [9.17, 15) is 14.4 Å². The molecule has 0 aromatic heterocycles. The van der Waals surface area contributed by atoms with Crippen molar-refractivity contribution < 1.29 is 14.4 Å². The van der Waals surface area contributed by atoms with E-state index in [4.69, 9.17) is 0 Å². The lowest BCUT2D eigenvalue weighted by Crippen LogP contribution is -2.50. The van der Waals surface area contributed by atoms with Gasteiger partial charge in [0.25, 0.3) is 0 Å². The second-order valence-electron chi connectivity index (χ2n) is 8.82. The van der Waals surface area contributed by atoms with Gasteiger partial charge in [-0.05, 0) is 43.0 Å². The van der Waals surface area contributed by atoms with Gasteiger partial charge in [0.05, 0.1) is 6.54 Å². The Morgan fingerprint density at radius 3 is 2.27 bits per heavy atom. The Morgan fingerprint density at radius 1 is 0.909 bits per heavy atom. The molecule has 2 amide bonds. The Morgan fingerprint density at radius 2 is 1.61 bits per heavy atom. The summed E-state index contributed by atoms with van der Waals surface area (Å²) >= 11 is 0. The van der Waals surface area contributed by atoms with Crippen LogP contribution in [0, 0.1) is 13.8 Å². The molecule has 0 atom stereocenters. The number of Topliss-reactive ketones (excluding diaryl/α,β-unsaturated/α-hetero) is 1. The van der Waals surface area contributed by atoms with Gasteiger partial charge in [-0.2, -0.15) is 0 Å². The van der Waals surface area contributed by atoms with Crippen LogP contribution in [0.4, 0.5) is 5.69 Å². The first kappa shape index (κ1) is 24.6. The van der Waals surface area contributed by atoms with Gasteiger partial charge in [0, 0.05) is 50.3 Å². The second kappa shape index (κ2) is 11.8. The van der Waals surface area contributed by atoms with E-state index in [1.54, 1.807) is 4.90 Å². The van der Waals surface area contributed by atoms with Crippen molar-refractivity contribution in [3.8, 4) is 0 Å². The van der Waals surface area contributed by atoms with Crippen molar-refractivity contribution in [3.63, 3.8) is 0 Å². The molecule has 33 heavy (non-hydrogen) atoms. The number of aryl methyl sites for hydroxylation is 2. The highest BCUT2D eigenvalue weighted by molar-refractivity contribution is 5.98. The fourth-order valence-electron chi connectivity index (χ4n) is 4.10. The van der Waals surface area contributed by atoms with Crippen molar-refractivity contribution >= 4 is 23.3 Å². The van der Waals surface area contributed by atoms with Gasteiger partial charge in [-0.3, -0.25) is 19.3 Å². The second-order valence-corrected chi connectivity index (χ2v) is 8.82. The Bertz CT molecular complexity index is 977. The van der Waals surface area contributed by atoms with Gasteiger partial charge in [-0.15, -0.1) is 0 Å². The maximum Gasteiger partial charge on any atom is 0.238 e. The van der Waals surface area contributed by atoms with Gasteiger partial charge in [0.2, 0.25) is 11.8 Å². The van der Waals surface area contributed by atoms with Crippen LogP contribution in [0.2, 0.25) is 0 Å². The Kier molecular flexibility index (Phi) is 8.78. The third kappa shape index (κ3) is 6.99. The maximum absolute atomic E-state index is 12.6. The molecule has 2 aromatic rings. The largest absolute Gasteiger partial charge is 0.340 e. The SMILES string of the molecule is CCCc1ccc(C(=O)CCC(=O)N2CCN(CC(=O)Nc3cccc(C)c3C)CC2)cc1. The molecule has 6 nitrogen and oxygen atoms in total. The van der Waals surface area contributed by atoms with E-state index in [1.807, 2.05) is 56.3 Å². The number of piperazine rings is 1. The van der Waals surface area contributed by atoms with Gasteiger partial charge in [0.1, 0.15) is 0 Å². The summed E-state index contributed by atoms with van der Waals surface area (Å²) in [6.45, 7) is 8.93. The molecule has 0 radical (unpaired) electrons. The molecule has 2 aromatic carbocycles. The van der Waals surface area contributed by atoms with Crippen LogP contribution in [-0.4, -0.2) is 60.1 Å². The topological polar surface area (TPSA) is 69.7 Å². The average Bonchev–Trinajstić information content (AvgIpc) is 2.81. The van der Waals surface area contributed by atoms with E-state index in [0.717, 1.165) is 29.7 Å². The zero-order chi connectivity index (χ0) is 23.8. The van der Waals surface area contributed by atoms with Crippen LogP contribution in [0.25, 0.3) is 0 Å². The van der Waals surface area contributed by atoms with Crippen LogP contribution in [0.1, 0.15) is 53.2 Å². The van der Waals surface area contributed by atoms with Crippen LogP contribution < -0.4 is 5.32 Å². The summed E-state index contributed by atoms with van der Waals surface area (Å²) < 4.78 is 0. The molecule has 1 heterocycles. The first-order valence-corrected chi connectivity index (χ1v) is 11.9. The fourth-order valence-corrected chi connectivity index (χ4v) is 4.10. The van der Waals surface area contributed by atoms with Crippen molar-refractivity contribution in [3.05, 3.63) is 64.7 Å². The summed E-state index contributed by atoms with van der Waals surface area (Å²) in [7, 11) is 0. The predicted octanol–water partition coefficient (Wildman–Crippen LogP) is 4.00. The highest BCUT2D eigenvalue weighted by Gasteiger charge is 2.23. The molecule has 3 rings (SSSR count). The van der Waals surface area contributed by atoms with Gasteiger partial charge in [-0.1, -0.05) is 49.7 Å². The van der Waals surface area contributed by atoms with Crippen molar-refractivity contribution in [1.82, 2.24) is 9.80 Å². The predicted molar refractivity (Wildman–Crippen MR) is 132 cm³/mol. The highest BCUT2D eigenvalue weighted by Crippen LogP contribution is 2.18.